The van der Waals surface area contributed by atoms with Gasteiger partial charge in [0.2, 0.25) is 17.7 Å². The van der Waals surface area contributed by atoms with Crippen molar-refractivity contribution in [1.82, 2.24) is 0 Å². The van der Waals surface area contributed by atoms with E-state index in [-0.39, 0.29) is 17.7 Å². The second kappa shape index (κ2) is 10.4. The average molecular weight is 404 g/mol. The first-order valence-electron chi connectivity index (χ1n) is 10.5. The molecule has 0 saturated carbocycles. The molecule has 3 amide bonds. The van der Waals surface area contributed by atoms with Gasteiger partial charge in [-0.2, -0.15) is 0 Å². The monoisotopic (exact) mass is 403 g/mol. The molecule has 0 unspecified atom stereocenters. The second-order valence-corrected chi connectivity index (χ2v) is 8.83. The third-order valence-electron chi connectivity index (χ3n) is 5.49. The second-order valence-electron chi connectivity index (χ2n) is 8.83. The van der Waals surface area contributed by atoms with Crippen molar-refractivity contribution >= 4 is 34.8 Å². The molecule has 0 spiro atoms. The lowest BCUT2D eigenvalue weighted by molar-refractivity contribution is -0.124. The largest absolute Gasteiger partial charge is 0.326 e. The summed E-state index contributed by atoms with van der Waals surface area (Å²) < 4.78 is 0. The van der Waals surface area contributed by atoms with Crippen molar-refractivity contribution in [3.8, 4) is 0 Å². The minimum atomic E-state index is -0.520. The van der Waals surface area contributed by atoms with E-state index in [9.17, 15) is 14.4 Å². The summed E-state index contributed by atoms with van der Waals surface area (Å²) in [7, 11) is 0. The molecule has 0 aliphatic heterocycles. The maximum absolute atomic E-state index is 12.6. The van der Waals surface area contributed by atoms with E-state index in [2.05, 4.69) is 16.0 Å². The van der Waals surface area contributed by atoms with Gasteiger partial charge in [0.15, 0.2) is 0 Å². The Morgan fingerprint density at radius 1 is 0.724 bits per heavy atom. The van der Waals surface area contributed by atoms with Crippen molar-refractivity contribution < 1.29 is 14.4 Å². The van der Waals surface area contributed by atoms with Gasteiger partial charge in [0.25, 0.3) is 0 Å². The molecule has 0 bridgehead atoms. The van der Waals surface area contributed by atoms with Crippen LogP contribution in [0.25, 0.3) is 0 Å². The maximum Gasteiger partial charge on any atom is 0.230 e. The molecule has 0 atom stereocenters. The van der Waals surface area contributed by atoms with Gasteiger partial charge in [-0.15, -0.1) is 0 Å². The number of hydrogen-bond acceptors (Lipinski definition) is 3. The van der Waals surface area contributed by atoms with Gasteiger partial charge in [-0.1, -0.05) is 54.9 Å². The Morgan fingerprint density at radius 3 is 1.45 bits per heavy atom. The van der Waals surface area contributed by atoms with Gasteiger partial charge >= 0.3 is 0 Å². The predicted octanol–water partition coefficient (Wildman–Crippen LogP) is 5.56. The van der Waals surface area contributed by atoms with Crippen LogP contribution in [-0.4, -0.2) is 17.7 Å². The molecule has 0 aliphatic rings. The highest BCUT2D eigenvalue weighted by atomic mass is 16.2. The normalized spacial score (nSPS) is 11.7. The Kier molecular flexibility index (Phi) is 8.86. The predicted molar refractivity (Wildman–Crippen MR) is 120 cm³/mol. The molecule has 0 saturated heterocycles. The molecule has 1 rings (SSSR count). The molecule has 162 valence electrons. The summed E-state index contributed by atoms with van der Waals surface area (Å²) in [6.45, 7) is 13.5. The number of unbranched alkanes of at least 4 members (excludes halogenated alkanes) is 1. The Bertz CT molecular complexity index is 691. The molecule has 3 N–H and O–H groups in total. The number of rotatable bonds is 10. The van der Waals surface area contributed by atoms with Crippen molar-refractivity contribution in [2.24, 2.45) is 10.8 Å². The van der Waals surface area contributed by atoms with Crippen molar-refractivity contribution in [2.45, 2.75) is 80.6 Å². The van der Waals surface area contributed by atoms with E-state index < -0.39 is 10.8 Å². The van der Waals surface area contributed by atoms with E-state index in [4.69, 9.17) is 0 Å². The lowest BCUT2D eigenvalue weighted by Gasteiger charge is -2.23. The summed E-state index contributed by atoms with van der Waals surface area (Å²) in [6, 6.07) is 5.15. The van der Waals surface area contributed by atoms with Crippen LogP contribution in [0.2, 0.25) is 0 Å². The number of anilines is 3. The Hall–Kier alpha value is -2.37. The zero-order valence-corrected chi connectivity index (χ0v) is 19.0. The molecule has 6 nitrogen and oxygen atoms in total. The fourth-order valence-electron chi connectivity index (χ4n) is 2.33. The van der Waals surface area contributed by atoms with E-state index in [1.54, 1.807) is 18.2 Å². The van der Waals surface area contributed by atoms with Crippen LogP contribution in [0.5, 0.6) is 0 Å². The van der Waals surface area contributed by atoms with Crippen LogP contribution in [0.3, 0.4) is 0 Å². The highest BCUT2D eigenvalue weighted by Gasteiger charge is 2.27. The molecule has 0 aliphatic carbocycles. The zero-order valence-electron chi connectivity index (χ0n) is 19.0. The van der Waals surface area contributed by atoms with Crippen molar-refractivity contribution in [3.63, 3.8) is 0 Å². The van der Waals surface area contributed by atoms with Crippen molar-refractivity contribution in [3.05, 3.63) is 18.2 Å². The van der Waals surface area contributed by atoms with Gasteiger partial charge < -0.3 is 16.0 Å². The van der Waals surface area contributed by atoms with Gasteiger partial charge in [-0.05, 0) is 37.5 Å². The smallest absolute Gasteiger partial charge is 0.230 e. The standard InChI is InChI=1S/C23H37N3O3/c1-8-11-12-19(27)24-16-13-17(25-20(28)22(4,5)9-2)15-18(14-16)26-21(29)23(6,7)10-3/h13-15H,8-12H2,1-7H3,(H,24,27)(H,25,28)(H,26,29). The van der Waals surface area contributed by atoms with E-state index in [1.807, 2.05) is 48.5 Å². The molecular formula is C23H37N3O3. The molecular weight excluding hydrogens is 366 g/mol. The SMILES string of the molecule is CCCCC(=O)Nc1cc(NC(=O)C(C)(C)CC)cc(NC(=O)C(C)(C)CC)c1. The van der Waals surface area contributed by atoms with Gasteiger partial charge in [0.05, 0.1) is 0 Å². The maximum atomic E-state index is 12.6. The van der Waals surface area contributed by atoms with E-state index in [0.717, 1.165) is 12.8 Å². The number of amides is 3. The zero-order chi connectivity index (χ0) is 22.2. The molecule has 6 heteroatoms. The van der Waals surface area contributed by atoms with Gasteiger partial charge in [0.1, 0.15) is 0 Å². The van der Waals surface area contributed by atoms with Crippen LogP contribution in [0.15, 0.2) is 18.2 Å². The Balaban J connectivity index is 3.16. The number of hydrogen-bond donors (Lipinski definition) is 3. The molecule has 0 fully saturated rings. The van der Waals surface area contributed by atoms with Gasteiger partial charge in [-0.25, -0.2) is 0 Å². The fraction of sp³-hybridized carbons (Fsp3) is 0.609. The molecule has 0 heterocycles. The van der Waals surface area contributed by atoms with Crippen LogP contribution in [-0.2, 0) is 14.4 Å². The number of carbonyl (C=O) groups excluding carboxylic acids is 3. The topological polar surface area (TPSA) is 87.3 Å². The highest BCUT2D eigenvalue weighted by Crippen LogP contribution is 2.29. The summed E-state index contributed by atoms with van der Waals surface area (Å²) in [4.78, 5) is 37.4. The highest BCUT2D eigenvalue weighted by molar-refractivity contribution is 6.00. The number of nitrogens with one attached hydrogen (secondary N) is 3. The number of benzene rings is 1. The fourth-order valence-corrected chi connectivity index (χ4v) is 2.33. The van der Waals surface area contributed by atoms with E-state index in [1.165, 1.54) is 0 Å². The first kappa shape index (κ1) is 24.7. The lowest BCUT2D eigenvalue weighted by atomic mass is 9.89. The molecule has 0 aromatic heterocycles. The Morgan fingerprint density at radius 2 is 1.10 bits per heavy atom. The summed E-state index contributed by atoms with van der Waals surface area (Å²) in [5.41, 5.74) is 0.578. The van der Waals surface area contributed by atoms with E-state index in [0.29, 0.717) is 36.3 Å². The minimum absolute atomic E-state index is 0.0876. The molecule has 0 radical (unpaired) electrons. The average Bonchev–Trinajstić information content (AvgIpc) is 2.65. The lowest BCUT2D eigenvalue weighted by Crippen LogP contribution is -2.31. The van der Waals surface area contributed by atoms with Crippen LogP contribution in [0.4, 0.5) is 17.1 Å². The third kappa shape index (κ3) is 7.52. The molecule has 29 heavy (non-hydrogen) atoms. The summed E-state index contributed by atoms with van der Waals surface area (Å²) >= 11 is 0. The van der Waals surface area contributed by atoms with Crippen LogP contribution in [0, 0.1) is 10.8 Å². The van der Waals surface area contributed by atoms with E-state index >= 15 is 0 Å². The first-order valence-corrected chi connectivity index (χ1v) is 10.5. The minimum Gasteiger partial charge on any atom is -0.326 e. The first-order chi connectivity index (χ1) is 13.4. The summed E-state index contributed by atoms with van der Waals surface area (Å²) in [5, 5.41) is 8.70. The van der Waals surface area contributed by atoms with Gasteiger partial charge in [0, 0.05) is 34.3 Å². The summed E-state index contributed by atoms with van der Waals surface area (Å²) in [5.74, 6) is -0.309. The number of carbonyl (C=O) groups is 3. The van der Waals surface area contributed by atoms with Crippen molar-refractivity contribution in [1.29, 1.82) is 0 Å². The van der Waals surface area contributed by atoms with Crippen LogP contribution < -0.4 is 16.0 Å². The Labute approximate surface area is 175 Å². The third-order valence-corrected chi connectivity index (χ3v) is 5.49. The van der Waals surface area contributed by atoms with Gasteiger partial charge in [-0.3, -0.25) is 14.4 Å². The van der Waals surface area contributed by atoms with Crippen LogP contribution >= 0.6 is 0 Å². The quantitative estimate of drug-likeness (QED) is 0.477. The molecule has 1 aromatic rings. The van der Waals surface area contributed by atoms with Crippen LogP contribution in [0.1, 0.15) is 80.6 Å². The molecule has 1 aromatic carbocycles. The van der Waals surface area contributed by atoms with Crippen molar-refractivity contribution in [2.75, 3.05) is 16.0 Å². The summed E-state index contributed by atoms with van der Waals surface area (Å²) in [6.07, 6.45) is 3.56.